The summed E-state index contributed by atoms with van der Waals surface area (Å²) in [4.78, 5) is 11.7. The van der Waals surface area contributed by atoms with Crippen molar-refractivity contribution < 1.29 is 4.79 Å². The summed E-state index contributed by atoms with van der Waals surface area (Å²) in [5, 5.41) is 0. The molecule has 1 nitrogen and oxygen atoms in total. The molecule has 0 aromatic heterocycles. The molecule has 1 heteroatoms. The van der Waals surface area contributed by atoms with Gasteiger partial charge in [-0.05, 0) is 30.8 Å². The van der Waals surface area contributed by atoms with Gasteiger partial charge >= 0.3 is 0 Å². The van der Waals surface area contributed by atoms with Crippen LogP contribution >= 0.6 is 0 Å². The van der Waals surface area contributed by atoms with Crippen molar-refractivity contribution in [3.8, 4) is 0 Å². The highest BCUT2D eigenvalue weighted by atomic mass is 16.1. The molecular weight excluding hydrogens is 148 g/mol. The maximum Gasteiger partial charge on any atom is 0.162 e. The standard InChI is InChI=1S/C11H16O/c1-2-8-7-9-5-3-4-6-10(9)11(8)12/h7,9-10H,2-6H2,1H3/t9-,10-/m1/s1. The Bertz CT molecular complexity index is 227. The summed E-state index contributed by atoms with van der Waals surface area (Å²) in [6.07, 6.45) is 8.15. The normalized spacial score (nSPS) is 34.8. The molecule has 0 unspecified atom stereocenters. The molecule has 0 spiro atoms. The molecule has 0 saturated heterocycles. The molecule has 2 aliphatic carbocycles. The Hall–Kier alpha value is -0.590. The van der Waals surface area contributed by atoms with E-state index in [4.69, 9.17) is 0 Å². The highest BCUT2D eigenvalue weighted by Crippen LogP contribution is 2.39. The lowest BCUT2D eigenvalue weighted by Crippen LogP contribution is -2.20. The van der Waals surface area contributed by atoms with Crippen LogP contribution in [0.2, 0.25) is 0 Å². The fourth-order valence-corrected chi connectivity index (χ4v) is 2.56. The zero-order valence-electron chi connectivity index (χ0n) is 7.68. The van der Waals surface area contributed by atoms with E-state index >= 15 is 0 Å². The Morgan fingerprint density at radius 3 is 2.83 bits per heavy atom. The average Bonchev–Trinajstić information content (AvgIpc) is 2.44. The molecule has 2 aliphatic rings. The zero-order valence-corrected chi connectivity index (χ0v) is 7.68. The van der Waals surface area contributed by atoms with Crippen molar-refractivity contribution in [1.29, 1.82) is 0 Å². The molecule has 1 fully saturated rings. The van der Waals surface area contributed by atoms with E-state index in [0.717, 1.165) is 18.4 Å². The van der Waals surface area contributed by atoms with Crippen molar-refractivity contribution in [3.05, 3.63) is 11.6 Å². The van der Waals surface area contributed by atoms with Crippen molar-refractivity contribution >= 4 is 5.78 Å². The van der Waals surface area contributed by atoms with Crippen LogP contribution in [0, 0.1) is 11.8 Å². The topological polar surface area (TPSA) is 17.1 Å². The van der Waals surface area contributed by atoms with Gasteiger partial charge in [-0.25, -0.2) is 0 Å². The van der Waals surface area contributed by atoms with Crippen LogP contribution in [0.1, 0.15) is 39.0 Å². The van der Waals surface area contributed by atoms with E-state index < -0.39 is 0 Å². The summed E-state index contributed by atoms with van der Waals surface area (Å²) in [7, 11) is 0. The molecule has 0 N–H and O–H groups in total. The summed E-state index contributed by atoms with van der Waals surface area (Å²) in [6, 6.07) is 0. The largest absolute Gasteiger partial charge is 0.294 e. The summed E-state index contributed by atoms with van der Waals surface area (Å²) in [6.45, 7) is 2.08. The van der Waals surface area contributed by atoms with Crippen molar-refractivity contribution in [3.63, 3.8) is 0 Å². The van der Waals surface area contributed by atoms with E-state index in [-0.39, 0.29) is 0 Å². The quantitative estimate of drug-likeness (QED) is 0.582. The van der Waals surface area contributed by atoms with E-state index in [1.807, 2.05) is 0 Å². The van der Waals surface area contributed by atoms with Crippen LogP contribution in [-0.4, -0.2) is 5.78 Å². The molecule has 0 amide bonds. The number of fused-ring (bicyclic) bond motifs is 1. The first-order chi connectivity index (χ1) is 5.83. The Kier molecular flexibility index (Phi) is 2.03. The monoisotopic (exact) mass is 164 g/mol. The predicted molar refractivity (Wildman–Crippen MR) is 48.8 cm³/mol. The first-order valence-electron chi connectivity index (χ1n) is 5.08. The summed E-state index contributed by atoms with van der Waals surface area (Å²) >= 11 is 0. The van der Waals surface area contributed by atoms with Crippen LogP contribution in [0.4, 0.5) is 0 Å². The van der Waals surface area contributed by atoms with Crippen LogP contribution in [0.15, 0.2) is 11.6 Å². The van der Waals surface area contributed by atoms with Crippen LogP contribution in [0.3, 0.4) is 0 Å². The van der Waals surface area contributed by atoms with Gasteiger partial charge < -0.3 is 0 Å². The van der Waals surface area contributed by atoms with Crippen molar-refractivity contribution in [2.45, 2.75) is 39.0 Å². The van der Waals surface area contributed by atoms with Crippen molar-refractivity contribution in [1.82, 2.24) is 0 Å². The second-order valence-electron chi connectivity index (χ2n) is 3.96. The second kappa shape index (κ2) is 3.04. The third-order valence-electron chi connectivity index (χ3n) is 3.27. The Morgan fingerprint density at radius 2 is 2.17 bits per heavy atom. The number of carbonyl (C=O) groups excluding carboxylic acids is 1. The van der Waals surface area contributed by atoms with Gasteiger partial charge in [-0.2, -0.15) is 0 Å². The molecule has 0 aromatic rings. The molecule has 12 heavy (non-hydrogen) atoms. The lowest BCUT2D eigenvalue weighted by Gasteiger charge is -2.22. The smallest absolute Gasteiger partial charge is 0.162 e. The highest BCUT2D eigenvalue weighted by molar-refractivity contribution is 5.99. The molecule has 2 atom stereocenters. The molecule has 0 aliphatic heterocycles. The fraction of sp³-hybridized carbons (Fsp3) is 0.727. The van der Waals surface area contributed by atoms with Gasteiger partial charge in [-0.3, -0.25) is 4.79 Å². The number of hydrogen-bond acceptors (Lipinski definition) is 1. The highest BCUT2D eigenvalue weighted by Gasteiger charge is 2.35. The maximum absolute atomic E-state index is 11.7. The Morgan fingerprint density at radius 1 is 1.42 bits per heavy atom. The number of allylic oxidation sites excluding steroid dienone is 2. The van der Waals surface area contributed by atoms with Gasteiger partial charge in [0.25, 0.3) is 0 Å². The van der Waals surface area contributed by atoms with E-state index in [9.17, 15) is 4.79 Å². The Balaban J connectivity index is 2.17. The minimum atomic E-state index is 0.383. The van der Waals surface area contributed by atoms with Gasteiger partial charge in [0.2, 0.25) is 0 Å². The SMILES string of the molecule is CCC1=C[C@H]2CCCC[C@H]2C1=O. The van der Waals surface area contributed by atoms with E-state index in [1.54, 1.807) is 0 Å². The van der Waals surface area contributed by atoms with Gasteiger partial charge in [0.1, 0.15) is 0 Å². The van der Waals surface area contributed by atoms with Crippen LogP contribution < -0.4 is 0 Å². The van der Waals surface area contributed by atoms with Gasteiger partial charge in [-0.1, -0.05) is 25.8 Å². The summed E-state index contributed by atoms with van der Waals surface area (Å²) in [5.74, 6) is 1.46. The van der Waals surface area contributed by atoms with E-state index in [1.165, 1.54) is 19.3 Å². The van der Waals surface area contributed by atoms with Crippen molar-refractivity contribution in [2.24, 2.45) is 11.8 Å². The minimum Gasteiger partial charge on any atom is -0.294 e. The fourth-order valence-electron chi connectivity index (χ4n) is 2.56. The molecule has 66 valence electrons. The number of ketones is 1. The third-order valence-corrected chi connectivity index (χ3v) is 3.27. The number of Topliss-reactive ketones (excluding diaryl/α,β-unsaturated/α-hetero) is 1. The maximum atomic E-state index is 11.7. The lowest BCUT2D eigenvalue weighted by atomic mass is 9.81. The molecule has 0 radical (unpaired) electrons. The van der Waals surface area contributed by atoms with Crippen LogP contribution in [0.25, 0.3) is 0 Å². The molecule has 0 heterocycles. The van der Waals surface area contributed by atoms with Gasteiger partial charge in [-0.15, -0.1) is 0 Å². The first-order valence-corrected chi connectivity index (χ1v) is 5.08. The van der Waals surface area contributed by atoms with Gasteiger partial charge in [0.05, 0.1) is 0 Å². The number of hydrogen-bond donors (Lipinski definition) is 0. The van der Waals surface area contributed by atoms with Gasteiger partial charge in [0, 0.05) is 5.92 Å². The molecule has 1 saturated carbocycles. The van der Waals surface area contributed by atoms with Gasteiger partial charge in [0.15, 0.2) is 5.78 Å². The van der Waals surface area contributed by atoms with Crippen LogP contribution in [0.5, 0.6) is 0 Å². The third kappa shape index (κ3) is 1.12. The minimum absolute atomic E-state index is 0.383. The first kappa shape index (κ1) is 8.03. The summed E-state index contributed by atoms with van der Waals surface area (Å²) < 4.78 is 0. The molecule has 0 bridgehead atoms. The zero-order chi connectivity index (χ0) is 8.55. The summed E-state index contributed by atoms with van der Waals surface area (Å²) in [5.41, 5.74) is 1.10. The van der Waals surface area contributed by atoms with Crippen molar-refractivity contribution in [2.75, 3.05) is 0 Å². The van der Waals surface area contributed by atoms with Crippen LogP contribution in [-0.2, 0) is 4.79 Å². The van der Waals surface area contributed by atoms with E-state index in [0.29, 0.717) is 17.6 Å². The number of rotatable bonds is 1. The number of carbonyl (C=O) groups is 1. The molecule has 0 aromatic carbocycles. The second-order valence-corrected chi connectivity index (χ2v) is 3.96. The lowest BCUT2D eigenvalue weighted by molar-refractivity contribution is -0.120. The molecule has 2 rings (SSSR count). The Labute approximate surface area is 73.8 Å². The van der Waals surface area contributed by atoms with E-state index in [2.05, 4.69) is 13.0 Å². The molecular formula is C11H16O. The predicted octanol–water partition coefficient (Wildman–Crippen LogP) is 2.71. The average molecular weight is 164 g/mol.